The molecule has 6 heteroatoms. The molecule has 0 aliphatic carbocycles. The van der Waals surface area contributed by atoms with Gasteiger partial charge in [0.25, 0.3) is 5.69 Å². The monoisotopic (exact) mass is 235 g/mol. The third-order valence-corrected chi connectivity index (χ3v) is 2.10. The fraction of sp³-hybridized carbons (Fsp3) is 0.273. The van der Waals surface area contributed by atoms with Gasteiger partial charge in [-0.1, -0.05) is 6.08 Å². The Balaban J connectivity index is 2.74. The number of amides is 1. The number of carbonyl (C=O) groups excluding carboxylic acids is 1. The van der Waals surface area contributed by atoms with Crippen LogP contribution in [-0.2, 0) is 4.79 Å². The lowest BCUT2D eigenvalue weighted by molar-refractivity contribution is -0.385. The van der Waals surface area contributed by atoms with Crippen LogP contribution in [0.4, 0.5) is 11.5 Å². The Bertz CT molecular complexity index is 457. The number of carbonyl (C=O) groups is 1. The van der Waals surface area contributed by atoms with Gasteiger partial charge >= 0.3 is 0 Å². The van der Waals surface area contributed by atoms with E-state index in [0.29, 0.717) is 18.7 Å². The van der Waals surface area contributed by atoms with Gasteiger partial charge in [-0.2, -0.15) is 0 Å². The molecule has 0 aliphatic rings. The van der Waals surface area contributed by atoms with E-state index in [2.05, 4.69) is 16.9 Å². The normalized spacial score (nSPS) is 9.71. The molecule has 0 saturated heterocycles. The Morgan fingerprint density at radius 2 is 2.35 bits per heavy atom. The molecule has 0 fully saturated rings. The van der Waals surface area contributed by atoms with Crippen LogP contribution in [0.3, 0.4) is 0 Å². The first kappa shape index (κ1) is 12.8. The zero-order chi connectivity index (χ0) is 12.8. The van der Waals surface area contributed by atoms with Gasteiger partial charge in [0.1, 0.15) is 11.5 Å². The number of aromatic nitrogens is 1. The maximum absolute atomic E-state index is 11.4. The smallest absolute Gasteiger partial charge is 0.290 e. The van der Waals surface area contributed by atoms with Crippen molar-refractivity contribution in [1.29, 1.82) is 0 Å². The minimum absolute atomic E-state index is 0.0610. The van der Waals surface area contributed by atoms with E-state index in [1.807, 2.05) is 0 Å². The van der Waals surface area contributed by atoms with Gasteiger partial charge in [-0.25, -0.2) is 4.98 Å². The Hall–Kier alpha value is -2.24. The first-order chi connectivity index (χ1) is 8.04. The maximum atomic E-state index is 11.4. The Kier molecular flexibility index (Phi) is 4.33. The van der Waals surface area contributed by atoms with Gasteiger partial charge in [-0.05, 0) is 19.4 Å². The topological polar surface area (TPSA) is 85.1 Å². The van der Waals surface area contributed by atoms with Crippen molar-refractivity contribution in [1.82, 2.24) is 4.98 Å². The fourth-order valence-corrected chi connectivity index (χ4v) is 1.25. The second-order valence-electron chi connectivity index (χ2n) is 3.43. The van der Waals surface area contributed by atoms with Crippen molar-refractivity contribution < 1.29 is 9.72 Å². The molecule has 1 heterocycles. The van der Waals surface area contributed by atoms with Crippen molar-refractivity contribution >= 4 is 17.4 Å². The Labute approximate surface area is 98.5 Å². The number of pyridine rings is 1. The molecule has 90 valence electrons. The first-order valence-electron chi connectivity index (χ1n) is 5.07. The first-order valence-corrected chi connectivity index (χ1v) is 5.07. The molecule has 0 aromatic carbocycles. The van der Waals surface area contributed by atoms with Gasteiger partial charge in [0.15, 0.2) is 0 Å². The molecule has 1 rings (SSSR count). The largest absolute Gasteiger partial charge is 0.311 e. The van der Waals surface area contributed by atoms with E-state index in [-0.39, 0.29) is 17.3 Å². The molecule has 1 amide bonds. The second kappa shape index (κ2) is 5.74. The van der Waals surface area contributed by atoms with Crippen LogP contribution in [-0.4, -0.2) is 15.8 Å². The van der Waals surface area contributed by atoms with Crippen LogP contribution in [0.25, 0.3) is 0 Å². The highest BCUT2D eigenvalue weighted by Crippen LogP contribution is 2.17. The number of aryl methyl sites for hydroxylation is 1. The van der Waals surface area contributed by atoms with E-state index >= 15 is 0 Å². The average Bonchev–Trinajstić information content (AvgIpc) is 2.26. The summed E-state index contributed by atoms with van der Waals surface area (Å²) < 4.78 is 0. The van der Waals surface area contributed by atoms with Crippen LogP contribution in [0.5, 0.6) is 0 Å². The minimum atomic E-state index is -0.508. The van der Waals surface area contributed by atoms with Crippen molar-refractivity contribution in [2.24, 2.45) is 0 Å². The Morgan fingerprint density at radius 1 is 1.65 bits per heavy atom. The number of hydrogen-bond donors (Lipinski definition) is 1. The number of anilines is 1. The average molecular weight is 235 g/mol. The molecule has 0 aliphatic heterocycles. The molecule has 0 radical (unpaired) electrons. The van der Waals surface area contributed by atoms with Crippen LogP contribution >= 0.6 is 0 Å². The molecule has 0 saturated carbocycles. The van der Waals surface area contributed by atoms with E-state index in [0.717, 1.165) is 0 Å². The fourth-order valence-electron chi connectivity index (χ4n) is 1.25. The molecule has 0 atom stereocenters. The summed E-state index contributed by atoms with van der Waals surface area (Å²) in [5.41, 5.74) is 0.214. The SMILES string of the molecule is C=CCCC(=O)Nc1ccc([N+](=O)[O-])c(C)n1. The lowest BCUT2D eigenvalue weighted by Gasteiger charge is -2.04. The van der Waals surface area contributed by atoms with Crippen molar-refractivity contribution in [3.05, 3.63) is 40.6 Å². The molecule has 1 aromatic rings. The van der Waals surface area contributed by atoms with Crippen LogP contribution in [0.1, 0.15) is 18.5 Å². The number of rotatable bonds is 5. The number of allylic oxidation sites excluding steroid dienone is 1. The summed E-state index contributed by atoms with van der Waals surface area (Å²) >= 11 is 0. The van der Waals surface area contributed by atoms with Crippen LogP contribution in [0, 0.1) is 17.0 Å². The standard InChI is InChI=1S/C11H13N3O3/c1-3-4-5-11(15)13-10-7-6-9(14(16)17)8(2)12-10/h3,6-7H,1,4-5H2,2H3,(H,12,13,15). The predicted octanol–water partition coefficient (Wildman–Crippen LogP) is 2.20. The summed E-state index contributed by atoms with van der Waals surface area (Å²) in [5, 5.41) is 13.1. The molecule has 0 spiro atoms. The summed E-state index contributed by atoms with van der Waals surface area (Å²) in [7, 11) is 0. The third-order valence-electron chi connectivity index (χ3n) is 2.10. The van der Waals surface area contributed by atoms with E-state index in [1.165, 1.54) is 19.1 Å². The molecule has 1 N–H and O–H groups in total. The number of nitrogens with zero attached hydrogens (tertiary/aromatic N) is 2. The van der Waals surface area contributed by atoms with Gasteiger partial charge in [0.05, 0.1) is 4.92 Å². The summed E-state index contributed by atoms with van der Waals surface area (Å²) in [6.07, 6.45) is 2.55. The molecular weight excluding hydrogens is 222 g/mol. The zero-order valence-electron chi connectivity index (χ0n) is 9.47. The lowest BCUT2D eigenvalue weighted by Crippen LogP contribution is -2.12. The van der Waals surface area contributed by atoms with E-state index < -0.39 is 4.92 Å². The summed E-state index contributed by atoms with van der Waals surface area (Å²) in [5.74, 6) is 0.132. The summed E-state index contributed by atoms with van der Waals surface area (Å²) in [4.78, 5) is 25.4. The second-order valence-corrected chi connectivity index (χ2v) is 3.43. The van der Waals surface area contributed by atoms with Crippen molar-refractivity contribution in [2.45, 2.75) is 19.8 Å². The van der Waals surface area contributed by atoms with Crippen LogP contribution in [0.2, 0.25) is 0 Å². The molecule has 17 heavy (non-hydrogen) atoms. The lowest BCUT2D eigenvalue weighted by atomic mass is 10.3. The maximum Gasteiger partial charge on any atom is 0.290 e. The van der Waals surface area contributed by atoms with Crippen molar-refractivity contribution in [3.63, 3.8) is 0 Å². The molecule has 6 nitrogen and oxygen atoms in total. The van der Waals surface area contributed by atoms with E-state index in [9.17, 15) is 14.9 Å². The number of nitro groups is 1. The van der Waals surface area contributed by atoms with Crippen LogP contribution < -0.4 is 5.32 Å². The highest BCUT2D eigenvalue weighted by Gasteiger charge is 2.12. The van der Waals surface area contributed by atoms with Crippen LogP contribution in [0.15, 0.2) is 24.8 Å². The highest BCUT2D eigenvalue weighted by molar-refractivity contribution is 5.89. The molecule has 0 bridgehead atoms. The Morgan fingerprint density at radius 3 is 2.88 bits per heavy atom. The van der Waals surface area contributed by atoms with Crippen molar-refractivity contribution in [3.8, 4) is 0 Å². The van der Waals surface area contributed by atoms with E-state index in [1.54, 1.807) is 6.08 Å². The predicted molar refractivity (Wildman–Crippen MR) is 63.7 cm³/mol. The molecular formula is C11H13N3O3. The van der Waals surface area contributed by atoms with Gasteiger partial charge in [0.2, 0.25) is 5.91 Å². The third kappa shape index (κ3) is 3.67. The quantitative estimate of drug-likeness (QED) is 0.481. The molecule has 0 unspecified atom stereocenters. The zero-order valence-corrected chi connectivity index (χ0v) is 9.47. The van der Waals surface area contributed by atoms with Gasteiger partial charge < -0.3 is 5.32 Å². The minimum Gasteiger partial charge on any atom is -0.311 e. The highest BCUT2D eigenvalue weighted by atomic mass is 16.6. The van der Waals surface area contributed by atoms with Crippen molar-refractivity contribution in [2.75, 3.05) is 5.32 Å². The number of nitrogens with one attached hydrogen (secondary N) is 1. The van der Waals surface area contributed by atoms with Gasteiger partial charge in [0, 0.05) is 12.5 Å². The number of hydrogen-bond acceptors (Lipinski definition) is 4. The van der Waals surface area contributed by atoms with Gasteiger partial charge in [-0.3, -0.25) is 14.9 Å². The van der Waals surface area contributed by atoms with E-state index in [4.69, 9.17) is 0 Å². The van der Waals surface area contributed by atoms with Gasteiger partial charge in [-0.15, -0.1) is 6.58 Å². The summed E-state index contributed by atoms with van der Waals surface area (Å²) in [6.45, 7) is 5.04. The summed E-state index contributed by atoms with van der Waals surface area (Å²) in [6, 6.07) is 2.74. The molecule has 1 aromatic heterocycles.